The van der Waals surface area contributed by atoms with Gasteiger partial charge in [-0.15, -0.1) is 10.2 Å². The smallest absolute Gasteiger partial charge is 0.360 e. The van der Waals surface area contributed by atoms with E-state index in [9.17, 15) is 9.90 Å². The highest BCUT2D eigenvalue weighted by Crippen LogP contribution is 2.27. The Morgan fingerprint density at radius 1 is 1.23 bits per heavy atom. The number of hydrogen-bond donors (Lipinski definition) is 1. The lowest BCUT2D eigenvalue weighted by molar-refractivity contribution is 0.0521. The molecule has 0 aliphatic rings. The summed E-state index contributed by atoms with van der Waals surface area (Å²) >= 11 is 0. The predicted molar refractivity (Wildman–Crippen MR) is 97.1 cm³/mol. The number of azo groups is 1. The number of fused-ring (bicyclic) bond motifs is 1. The molecule has 0 amide bonds. The van der Waals surface area contributed by atoms with Crippen molar-refractivity contribution in [2.75, 3.05) is 6.61 Å². The highest BCUT2D eigenvalue weighted by Gasteiger charge is 2.20. The maximum atomic E-state index is 12.3. The van der Waals surface area contributed by atoms with Gasteiger partial charge in [0.05, 0.1) is 18.9 Å². The van der Waals surface area contributed by atoms with Crippen LogP contribution in [0.1, 0.15) is 35.5 Å². The van der Waals surface area contributed by atoms with E-state index in [1.165, 1.54) is 0 Å². The van der Waals surface area contributed by atoms with Crippen LogP contribution in [0.5, 0.6) is 0 Å². The normalized spacial score (nSPS) is 11.3. The number of esters is 1. The van der Waals surface area contributed by atoms with Crippen LogP contribution in [0.2, 0.25) is 0 Å². The van der Waals surface area contributed by atoms with E-state index < -0.39 is 5.97 Å². The lowest BCUT2D eigenvalue weighted by Crippen LogP contribution is -2.05. The van der Waals surface area contributed by atoms with Gasteiger partial charge >= 0.3 is 5.97 Å². The fraction of sp³-hybridized carbons (Fsp3) is 0.263. The Morgan fingerprint density at radius 3 is 2.77 bits per heavy atom. The Morgan fingerprint density at radius 2 is 2.04 bits per heavy atom. The molecule has 0 spiro atoms. The molecule has 2 aromatic heterocycles. The highest BCUT2D eigenvalue weighted by molar-refractivity contribution is 5.93. The highest BCUT2D eigenvalue weighted by atomic mass is 16.5. The minimum atomic E-state index is -0.556. The van der Waals surface area contributed by atoms with Crippen LogP contribution in [0.15, 0.2) is 52.8 Å². The summed E-state index contributed by atoms with van der Waals surface area (Å²) in [6.07, 6.45) is 2.53. The second-order valence-corrected chi connectivity index (χ2v) is 5.61. The van der Waals surface area contributed by atoms with Gasteiger partial charge in [0.15, 0.2) is 11.5 Å². The summed E-state index contributed by atoms with van der Waals surface area (Å²) < 4.78 is 6.74. The number of benzene rings is 1. The molecule has 0 saturated carbocycles. The zero-order chi connectivity index (χ0) is 18.5. The summed E-state index contributed by atoms with van der Waals surface area (Å²) in [5.41, 5.74) is 3.09. The van der Waals surface area contributed by atoms with Crippen LogP contribution < -0.4 is 0 Å². The Bertz CT molecular complexity index is 963. The largest absolute Gasteiger partial charge is 0.461 e. The first kappa shape index (κ1) is 17.8. The first-order valence-corrected chi connectivity index (χ1v) is 8.46. The predicted octanol–water partition coefficient (Wildman–Crippen LogP) is 3.98. The number of aliphatic hydroxyl groups excluding tert-OH is 1. The molecule has 7 nitrogen and oxygen atoms in total. The van der Waals surface area contributed by atoms with Crippen molar-refractivity contribution in [2.45, 2.75) is 26.9 Å². The van der Waals surface area contributed by atoms with Gasteiger partial charge in [0, 0.05) is 6.20 Å². The minimum absolute atomic E-state index is 0.0969. The Balaban J connectivity index is 2.11. The lowest BCUT2D eigenvalue weighted by atomic mass is 10.1. The van der Waals surface area contributed by atoms with Gasteiger partial charge in [-0.25, -0.2) is 9.78 Å². The molecule has 0 radical (unpaired) electrons. The van der Waals surface area contributed by atoms with Gasteiger partial charge in [-0.2, -0.15) is 0 Å². The summed E-state index contributed by atoms with van der Waals surface area (Å²) in [6.45, 7) is 3.90. The topological polar surface area (TPSA) is 88.5 Å². The SMILES string of the molecule is CCOC(=O)c1nc2cc(CO)ccn2c1N=Nc1ccccc1CC. The molecule has 0 fully saturated rings. The Kier molecular flexibility index (Phi) is 5.38. The summed E-state index contributed by atoms with van der Waals surface area (Å²) in [5.74, 6) is -0.256. The molecular formula is C19H20N4O3. The van der Waals surface area contributed by atoms with Crippen LogP contribution in [0.3, 0.4) is 0 Å². The van der Waals surface area contributed by atoms with Crippen LogP contribution in [0.25, 0.3) is 5.65 Å². The summed E-state index contributed by atoms with van der Waals surface area (Å²) in [7, 11) is 0. The van der Waals surface area contributed by atoms with Crippen molar-refractivity contribution < 1.29 is 14.6 Å². The molecule has 134 valence electrons. The van der Waals surface area contributed by atoms with Crippen LogP contribution in [0.4, 0.5) is 11.5 Å². The second kappa shape index (κ2) is 7.88. The molecule has 0 atom stereocenters. The van der Waals surface area contributed by atoms with Gasteiger partial charge in [-0.3, -0.25) is 4.40 Å². The summed E-state index contributed by atoms with van der Waals surface area (Å²) in [4.78, 5) is 16.6. The number of carbonyl (C=O) groups excluding carboxylic acids is 1. The molecule has 1 N–H and O–H groups in total. The van der Waals surface area contributed by atoms with E-state index in [0.717, 1.165) is 17.7 Å². The average Bonchev–Trinajstić information content (AvgIpc) is 3.04. The van der Waals surface area contributed by atoms with Gasteiger partial charge < -0.3 is 9.84 Å². The van der Waals surface area contributed by atoms with Crippen LogP contribution >= 0.6 is 0 Å². The van der Waals surface area contributed by atoms with Crippen LogP contribution in [-0.4, -0.2) is 27.1 Å². The molecule has 1 aromatic carbocycles. The Labute approximate surface area is 151 Å². The molecule has 0 unspecified atom stereocenters. The third-order valence-electron chi connectivity index (χ3n) is 3.94. The number of aryl methyl sites for hydroxylation is 1. The number of ether oxygens (including phenoxy) is 1. The molecule has 7 heteroatoms. The number of imidazole rings is 1. The number of hydrogen-bond acceptors (Lipinski definition) is 6. The number of aliphatic hydroxyl groups is 1. The molecule has 0 aliphatic heterocycles. The molecule has 0 saturated heterocycles. The fourth-order valence-electron chi connectivity index (χ4n) is 2.61. The zero-order valence-corrected chi connectivity index (χ0v) is 14.7. The number of carbonyl (C=O) groups is 1. The molecule has 3 rings (SSSR count). The van der Waals surface area contributed by atoms with E-state index in [2.05, 4.69) is 15.2 Å². The molecule has 2 heterocycles. The number of rotatable bonds is 6. The zero-order valence-electron chi connectivity index (χ0n) is 14.7. The van der Waals surface area contributed by atoms with Crippen molar-refractivity contribution in [2.24, 2.45) is 10.2 Å². The monoisotopic (exact) mass is 352 g/mol. The van der Waals surface area contributed by atoms with Crippen molar-refractivity contribution >= 4 is 23.1 Å². The molecule has 26 heavy (non-hydrogen) atoms. The van der Waals surface area contributed by atoms with E-state index in [1.54, 1.807) is 29.7 Å². The van der Waals surface area contributed by atoms with Crippen molar-refractivity contribution in [1.29, 1.82) is 0 Å². The first-order chi connectivity index (χ1) is 12.7. The van der Waals surface area contributed by atoms with E-state index in [4.69, 9.17) is 4.74 Å². The molecule has 0 bridgehead atoms. The standard InChI is InChI=1S/C19H20N4O3/c1-3-14-7-5-6-8-15(14)21-22-18-17(19(25)26-4-2)20-16-11-13(12-24)9-10-23(16)18/h5-11,24H,3-4,12H2,1-2H3. The maximum absolute atomic E-state index is 12.3. The quantitative estimate of drug-likeness (QED) is 0.537. The van der Waals surface area contributed by atoms with E-state index in [-0.39, 0.29) is 18.9 Å². The van der Waals surface area contributed by atoms with E-state index in [1.807, 2.05) is 31.2 Å². The molecular weight excluding hydrogens is 332 g/mol. The average molecular weight is 352 g/mol. The fourth-order valence-corrected chi connectivity index (χ4v) is 2.61. The number of pyridine rings is 1. The van der Waals surface area contributed by atoms with E-state index >= 15 is 0 Å². The van der Waals surface area contributed by atoms with Gasteiger partial charge in [0.25, 0.3) is 0 Å². The van der Waals surface area contributed by atoms with Gasteiger partial charge in [0.1, 0.15) is 5.65 Å². The second-order valence-electron chi connectivity index (χ2n) is 5.61. The molecule has 3 aromatic rings. The van der Waals surface area contributed by atoms with Gasteiger partial charge in [0.2, 0.25) is 0 Å². The van der Waals surface area contributed by atoms with Crippen molar-refractivity contribution in [3.63, 3.8) is 0 Å². The third-order valence-corrected chi connectivity index (χ3v) is 3.94. The van der Waals surface area contributed by atoms with E-state index in [0.29, 0.717) is 17.0 Å². The van der Waals surface area contributed by atoms with Gasteiger partial charge in [-0.05, 0) is 42.7 Å². The van der Waals surface area contributed by atoms with Gasteiger partial charge in [-0.1, -0.05) is 25.1 Å². The van der Waals surface area contributed by atoms with Crippen molar-refractivity contribution in [3.8, 4) is 0 Å². The van der Waals surface area contributed by atoms with Crippen LogP contribution in [0, 0.1) is 0 Å². The number of aromatic nitrogens is 2. The third kappa shape index (κ3) is 3.48. The first-order valence-electron chi connectivity index (χ1n) is 8.46. The number of nitrogens with zero attached hydrogens (tertiary/aromatic N) is 4. The lowest BCUT2D eigenvalue weighted by Gasteiger charge is -2.02. The summed E-state index contributed by atoms with van der Waals surface area (Å²) in [5, 5.41) is 17.9. The summed E-state index contributed by atoms with van der Waals surface area (Å²) in [6, 6.07) is 11.1. The molecule has 0 aliphatic carbocycles. The van der Waals surface area contributed by atoms with Crippen LogP contribution in [-0.2, 0) is 17.8 Å². The van der Waals surface area contributed by atoms with Crippen molar-refractivity contribution in [1.82, 2.24) is 9.38 Å². The van der Waals surface area contributed by atoms with Crippen molar-refractivity contribution in [3.05, 3.63) is 59.4 Å². The maximum Gasteiger partial charge on any atom is 0.360 e. The Hall–Kier alpha value is -3.06. The minimum Gasteiger partial charge on any atom is -0.461 e.